The third-order valence-corrected chi connectivity index (χ3v) is 16.4. The van der Waals surface area contributed by atoms with E-state index in [9.17, 15) is 23.3 Å². The summed E-state index contributed by atoms with van der Waals surface area (Å²) in [6.07, 6.45) is 6.61. The van der Waals surface area contributed by atoms with Crippen molar-refractivity contribution in [3.05, 3.63) is 142 Å². The highest BCUT2D eigenvalue weighted by molar-refractivity contribution is 7.90. The molecule has 19 heteroatoms. The van der Waals surface area contributed by atoms with Gasteiger partial charge >= 0.3 is 0 Å². The maximum Gasteiger partial charge on any atom is 0.293 e. The largest absolute Gasteiger partial charge is 0.497 e. The summed E-state index contributed by atoms with van der Waals surface area (Å²) in [5.74, 6) is -0.543. The fraction of sp³-hybridized carbons (Fsp3) is 0.407. The lowest BCUT2D eigenvalue weighted by Crippen LogP contribution is -2.60. The van der Waals surface area contributed by atoms with Crippen LogP contribution in [-0.2, 0) is 26.0 Å². The average Bonchev–Trinajstić information content (AvgIpc) is 3.86. The van der Waals surface area contributed by atoms with Crippen LogP contribution in [0, 0.1) is 21.3 Å². The average molecular weight is 1020 g/mol. The molecule has 2 unspecified atom stereocenters. The summed E-state index contributed by atoms with van der Waals surface area (Å²) in [7, 11) is -3.04. The Labute approximate surface area is 424 Å². The zero-order chi connectivity index (χ0) is 50.9. The van der Waals surface area contributed by atoms with Crippen LogP contribution < -0.4 is 24.4 Å². The molecule has 3 N–H and O–H groups in total. The van der Waals surface area contributed by atoms with Crippen molar-refractivity contribution in [1.82, 2.24) is 24.5 Å². The van der Waals surface area contributed by atoms with Crippen molar-refractivity contribution >= 4 is 44.0 Å². The van der Waals surface area contributed by atoms with E-state index in [4.69, 9.17) is 18.9 Å². The Morgan fingerprint density at radius 2 is 1.78 bits per heavy atom. The van der Waals surface area contributed by atoms with Crippen LogP contribution in [-0.4, -0.2) is 117 Å². The maximum atomic E-state index is 16.6. The number of amides is 1. The standard InChI is InChI=1S/C54H61FN8O9S/c1-35(2)43-6-4-5-7-44(43)50-33-60(32-36-8-10-39(69-3)11-9-36)20-21-62(50)38-28-54(29-38)15-18-61(19-16-54)48-27-51(72-40-24-37-14-17-56-52(37)58-30-40)45(26-46(48)55)53(64)59-73(67,68)42-12-13-47(49(25-42)63(65)66)57-31-41-34-70-22-23-71-41/h4-14,17,24-27,30,35,38,41,50,57H,15-16,18-23,28-29,31-34H2,1-3H3,(H,56,58)(H,59,64). The number of benzene rings is 4. The number of nitrogens with zero attached hydrogens (tertiary/aromatic N) is 5. The second kappa shape index (κ2) is 21.1. The molecule has 1 amide bonds. The normalized spacial score (nSPS) is 19.7. The molecule has 3 saturated heterocycles. The Bertz CT molecular complexity index is 3080. The summed E-state index contributed by atoms with van der Waals surface area (Å²) in [5.41, 5.74) is 4.09. The van der Waals surface area contributed by atoms with Crippen molar-refractivity contribution in [3.8, 4) is 17.2 Å². The number of hydrogen-bond acceptors (Lipinski definition) is 14. The first-order valence-electron chi connectivity index (χ1n) is 24.9. The van der Waals surface area contributed by atoms with Crippen molar-refractivity contribution in [2.24, 2.45) is 5.41 Å². The number of aromatic nitrogens is 2. The van der Waals surface area contributed by atoms with Gasteiger partial charge in [0.05, 0.1) is 60.3 Å². The van der Waals surface area contributed by atoms with Crippen molar-refractivity contribution in [1.29, 1.82) is 0 Å². The highest BCUT2D eigenvalue weighted by Crippen LogP contribution is 2.53. The number of piperazine rings is 1. The van der Waals surface area contributed by atoms with E-state index in [1.807, 2.05) is 21.8 Å². The summed E-state index contributed by atoms with van der Waals surface area (Å²) in [6.45, 7) is 10.7. The first kappa shape index (κ1) is 49.9. The van der Waals surface area contributed by atoms with Crippen molar-refractivity contribution < 1.29 is 41.5 Å². The molecule has 1 spiro atoms. The molecule has 17 nitrogen and oxygen atoms in total. The van der Waals surface area contributed by atoms with E-state index in [1.165, 1.54) is 35.0 Å². The number of pyridine rings is 1. The van der Waals surface area contributed by atoms with E-state index >= 15 is 4.39 Å². The van der Waals surface area contributed by atoms with E-state index in [0.29, 0.717) is 50.5 Å². The maximum absolute atomic E-state index is 16.6. The first-order chi connectivity index (χ1) is 35.2. The number of fused-ring (bicyclic) bond motifs is 1. The van der Waals surface area contributed by atoms with Gasteiger partial charge < -0.3 is 34.1 Å². The lowest BCUT2D eigenvalue weighted by Gasteiger charge is -2.58. The second-order valence-electron chi connectivity index (χ2n) is 20.0. The number of sulfonamides is 1. The van der Waals surface area contributed by atoms with Crippen LogP contribution in [0.15, 0.2) is 108 Å². The van der Waals surface area contributed by atoms with E-state index in [1.54, 1.807) is 25.4 Å². The molecule has 5 heterocycles. The number of anilines is 2. The molecule has 6 aromatic rings. The fourth-order valence-electron chi connectivity index (χ4n) is 11.1. The number of nitro groups is 1. The first-order valence-corrected chi connectivity index (χ1v) is 26.4. The number of nitrogens with one attached hydrogen (secondary N) is 3. The number of H-pyrrole nitrogens is 1. The quantitative estimate of drug-likeness (QED) is 0.0615. The summed E-state index contributed by atoms with van der Waals surface area (Å²) >= 11 is 0. The number of hydrogen-bond donors (Lipinski definition) is 3. The Balaban J connectivity index is 0.850. The van der Waals surface area contributed by atoms with Crippen LogP contribution in [0.3, 0.4) is 0 Å². The van der Waals surface area contributed by atoms with E-state index in [2.05, 4.69) is 75.3 Å². The van der Waals surface area contributed by atoms with Gasteiger partial charge in [0.15, 0.2) is 0 Å². The number of piperidine rings is 1. The summed E-state index contributed by atoms with van der Waals surface area (Å²) < 4.78 is 68.8. The monoisotopic (exact) mass is 1020 g/mol. The molecule has 73 heavy (non-hydrogen) atoms. The molecule has 2 atom stereocenters. The van der Waals surface area contributed by atoms with Crippen LogP contribution >= 0.6 is 0 Å². The number of carbonyl (C=O) groups excluding carboxylic acids is 1. The minimum atomic E-state index is -4.73. The Hall–Kier alpha value is -6.64. The molecule has 2 aromatic heterocycles. The molecule has 384 valence electrons. The molecule has 4 aliphatic rings. The topological polar surface area (TPSA) is 194 Å². The highest BCUT2D eigenvalue weighted by atomic mass is 32.2. The number of aromatic amines is 1. The molecule has 0 radical (unpaired) electrons. The SMILES string of the molecule is COc1ccc(CN2CCN(C3CC4(CCN(c5cc(Oc6cnc7[nH]ccc7c6)c(C(=O)NS(=O)(=O)c6ccc(NCC7COCCO7)c([N+](=O)[O-])c6)cc5F)CC4)C3)C(c3ccccc3C(C)C)C2)cc1. The number of ether oxygens (including phenoxy) is 4. The van der Waals surface area contributed by atoms with E-state index in [-0.39, 0.29) is 47.0 Å². The van der Waals surface area contributed by atoms with Crippen LogP contribution in [0.4, 0.5) is 21.5 Å². The van der Waals surface area contributed by atoms with Crippen LogP contribution in [0.1, 0.15) is 78.5 Å². The van der Waals surface area contributed by atoms with Gasteiger partial charge in [-0.3, -0.25) is 24.7 Å². The van der Waals surface area contributed by atoms with Crippen LogP contribution in [0.25, 0.3) is 11.0 Å². The fourth-order valence-corrected chi connectivity index (χ4v) is 12.1. The van der Waals surface area contributed by atoms with Gasteiger partial charge in [-0.1, -0.05) is 50.2 Å². The molecule has 10 rings (SSSR count). The Morgan fingerprint density at radius 1 is 0.986 bits per heavy atom. The molecule has 4 aromatic carbocycles. The van der Waals surface area contributed by atoms with Crippen molar-refractivity contribution in [2.75, 3.05) is 76.4 Å². The highest BCUT2D eigenvalue weighted by Gasteiger charge is 2.50. The number of rotatable bonds is 16. The predicted molar refractivity (Wildman–Crippen MR) is 275 cm³/mol. The molecule has 3 aliphatic heterocycles. The molecular weight excluding hydrogens is 956 g/mol. The van der Waals surface area contributed by atoms with Gasteiger partial charge in [0.25, 0.3) is 21.6 Å². The zero-order valence-corrected chi connectivity index (χ0v) is 42.0. The van der Waals surface area contributed by atoms with E-state index < -0.39 is 42.8 Å². The lowest BCUT2D eigenvalue weighted by molar-refractivity contribution is -0.384. The van der Waals surface area contributed by atoms with E-state index in [0.717, 1.165) is 81.2 Å². The summed E-state index contributed by atoms with van der Waals surface area (Å²) in [4.78, 5) is 39.6. The smallest absolute Gasteiger partial charge is 0.293 e. The minimum Gasteiger partial charge on any atom is -0.497 e. The molecular formula is C54H61FN8O9S. The third kappa shape index (κ3) is 10.9. The van der Waals surface area contributed by atoms with Gasteiger partial charge in [-0.2, -0.15) is 0 Å². The Morgan fingerprint density at radius 3 is 2.52 bits per heavy atom. The summed E-state index contributed by atoms with van der Waals surface area (Å²) in [6, 6.07) is 27.0. The number of carbonyl (C=O) groups is 1. The van der Waals surface area contributed by atoms with Gasteiger partial charge in [0.2, 0.25) is 0 Å². The second-order valence-corrected chi connectivity index (χ2v) is 21.7. The molecule has 4 fully saturated rings. The van der Waals surface area contributed by atoms with Gasteiger partial charge in [-0.15, -0.1) is 0 Å². The van der Waals surface area contributed by atoms with Crippen LogP contribution in [0.2, 0.25) is 0 Å². The predicted octanol–water partition coefficient (Wildman–Crippen LogP) is 8.79. The zero-order valence-electron chi connectivity index (χ0n) is 41.2. The van der Waals surface area contributed by atoms with Gasteiger partial charge in [0, 0.05) is 81.6 Å². The van der Waals surface area contributed by atoms with Gasteiger partial charge in [-0.25, -0.2) is 22.5 Å². The lowest BCUT2D eigenvalue weighted by atomic mass is 9.59. The van der Waals surface area contributed by atoms with Gasteiger partial charge in [0.1, 0.15) is 34.4 Å². The van der Waals surface area contributed by atoms with Crippen LogP contribution in [0.5, 0.6) is 17.2 Å². The molecule has 0 bridgehead atoms. The number of nitro benzene ring substituents is 1. The van der Waals surface area contributed by atoms with Gasteiger partial charge in [-0.05, 0) is 96.2 Å². The van der Waals surface area contributed by atoms with Crippen molar-refractivity contribution in [2.45, 2.75) is 75.1 Å². The third-order valence-electron chi connectivity index (χ3n) is 15.0. The number of halogens is 1. The Kier molecular flexibility index (Phi) is 14.4. The molecule has 1 aliphatic carbocycles. The minimum absolute atomic E-state index is 0.0547. The van der Waals surface area contributed by atoms with Crippen molar-refractivity contribution in [3.63, 3.8) is 0 Å². The molecule has 1 saturated carbocycles. The summed E-state index contributed by atoms with van der Waals surface area (Å²) in [5, 5.41) is 15.8. The number of methoxy groups -OCH3 is 1.